The highest BCUT2D eigenvalue weighted by Gasteiger charge is 2.30. The first kappa shape index (κ1) is 20.1. The van der Waals surface area contributed by atoms with Crippen LogP contribution in [0.15, 0.2) is 41.2 Å². The molecule has 2 aliphatic heterocycles. The van der Waals surface area contributed by atoms with Crippen molar-refractivity contribution < 1.29 is 14.3 Å². The van der Waals surface area contributed by atoms with Crippen molar-refractivity contribution in [3.05, 3.63) is 52.3 Å². The van der Waals surface area contributed by atoms with Crippen molar-refractivity contribution in [1.29, 1.82) is 0 Å². The third kappa shape index (κ3) is 4.06. The van der Waals surface area contributed by atoms with Gasteiger partial charge in [0.1, 0.15) is 17.3 Å². The summed E-state index contributed by atoms with van der Waals surface area (Å²) in [5.74, 6) is 1.37. The van der Waals surface area contributed by atoms with Gasteiger partial charge in [0.2, 0.25) is 5.78 Å². The number of hydrogen-bond acceptors (Lipinski definition) is 8. The van der Waals surface area contributed by atoms with Gasteiger partial charge >= 0.3 is 6.09 Å². The lowest BCUT2D eigenvalue weighted by atomic mass is 10.1. The summed E-state index contributed by atoms with van der Waals surface area (Å²) in [6, 6.07) is 7.89. The van der Waals surface area contributed by atoms with E-state index in [2.05, 4.69) is 20.6 Å². The number of aliphatic imine (C=N–C) groups is 1. The molecule has 0 atom stereocenters. The van der Waals surface area contributed by atoms with Crippen LogP contribution in [-0.4, -0.2) is 46.3 Å². The normalized spacial score (nSPS) is 16.5. The highest BCUT2D eigenvalue weighted by atomic mass is 32.1. The van der Waals surface area contributed by atoms with E-state index >= 15 is 0 Å². The summed E-state index contributed by atoms with van der Waals surface area (Å²) >= 11 is 1.13. The van der Waals surface area contributed by atoms with Crippen LogP contribution in [0.2, 0.25) is 0 Å². The quantitative estimate of drug-likeness (QED) is 0.570. The number of para-hydroxylation sites is 1. The van der Waals surface area contributed by atoms with E-state index in [1.165, 1.54) is 0 Å². The zero-order valence-corrected chi connectivity index (χ0v) is 18.1. The molecule has 0 saturated heterocycles. The summed E-state index contributed by atoms with van der Waals surface area (Å²) in [5, 5.41) is 6.26. The number of fused-ring (bicyclic) bond motifs is 3. The van der Waals surface area contributed by atoms with E-state index in [9.17, 15) is 9.59 Å². The number of amidine groups is 1. The van der Waals surface area contributed by atoms with Crippen molar-refractivity contribution >= 4 is 39.9 Å². The van der Waals surface area contributed by atoms with Crippen LogP contribution >= 0.6 is 11.3 Å². The van der Waals surface area contributed by atoms with Crippen LogP contribution in [0.3, 0.4) is 0 Å². The number of thiazole rings is 1. The van der Waals surface area contributed by atoms with Gasteiger partial charge in [-0.15, -0.1) is 0 Å². The zero-order valence-electron chi connectivity index (χ0n) is 17.3. The maximum atomic E-state index is 13.0. The van der Waals surface area contributed by atoms with Crippen molar-refractivity contribution in [2.75, 3.05) is 23.7 Å². The zero-order chi connectivity index (χ0) is 21.5. The van der Waals surface area contributed by atoms with E-state index in [0.717, 1.165) is 28.4 Å². The summed E-state index contributed by atoms with van der Waals surface area (Å²) in [5.41, 5.74) is 1.89. The first-order valence-corrected chi connectivity index (χ1v) is 10.4. The third-order valence-corrected chi connectivity index (χ3v) is 5.55. The Hall–Kier alpha value is -3.20. The van der Waals surface area contributed by atoms with Gasteiger partial charge in [0.05, 0.1) is 22.8 Å². The molecule has 2 aliphatic rings. The minimum atomic E-state index is -0.614. The number of carbonyl (C=O) groups excluding carboxylic acids is 2. The highest BCUT2D eigenvalue weighted by molar-refractivity contribution is 7.17. The largest absolute Gasteiger partial charge is 0.444 e. The number of anilines is 2. The highest BCUT2D eigenvalue weighted by Crippen LogP contribution is 2.31. The average molecular weight is 426 g/mol. The lowest BCUT2D eigenvalue weighted by Gasteiger charge is -2.31. The lowest BCUT2D eigenvalue weighted by Crippen LogP contribution is -2.36. The molecule has 1 aromatic carbocycles. The summed E-state index contributed by atoms with van der Waals surface area (Å²) in [6.07, 6.45) is 0.964. The average Bonchev–Trinajstić information content (AvgIpc) is 3.27. The summed E-state index contributed by atoms with van der Waals surface area (Å²) < 4.78 is 5.24. The van der Waals surface area contributed by atoms with Crippen molar-refractivity contribution in [3.8, 4) is 0 Å². The molecular weight excluding hydrogens is 402 g/mol. The van der Waals surface area contributed by atoms with Gasteiger partial charge in [-0.1, -0.05) is 23.5 Å². The molecule has 30 heavy (non-hydrogen) atoms. The van der Waals surface area contributed by atoms with Gasteiger partial charge in [0, 0.05) is 18.2 Å². The minimum absolute atomic E-state index is 0.185. The Labute approximate surface area is 178 Å². The van der Waals surface area contributed by atoms with E-state index in [4.69, 9.17) is 4.74 Å². The first-order chi connectivity index (χ1) is 14.2. The molecule has 1 aromatic heterocycles. The van der Waals surface area contributed by atoms with Crippen LogP contribution in [0, 0.1) is 6.92 Å². The molecule has 0 unspecified atom stereocenters. The fourth-order valence-electron chi connectivity index (χ4n) is 3.28. The second-order valence-electron chi connectivity index (χ2n) is 7.98. The number of nitrogens with zero attached hydrogens (tertiary/aromatic N) is 3. The Morgan fingerprint density at radius 2 is 2.07 bits per heavy atom. The number of benzene rings is 1. The third-order valence-electron chi connectivity index (χ3n) is 4.46. The predicted octanol–water partition coefficient (Wildman–Crippen LogP) is 4.01. The van der Waals surface area contributed by atoms with Crippen molar-refractivity contribution in [3.63, 3.8) is 0 Å². The van der Waals surface area contributed by atoms with E-state index < -0.39 is 11.7 Å². The molecule has 0 saturated carbocycles. The van der Waals surface area contributed by atoms with E-state index in [0.29, 0.717) is 34.6 Å². The van der Waals surface area contributed by atoms with Crippen molar-refractivity contribution in [2.24, 2.45) is 4.99 Å². The number of nitrogens with one attached hydrogen (secondary N) is 2. The van der Waals surface area contributed by atoms with Crippen LogP contribution in [0.25, 0.3) is 0 Å². The van der Waals surface area contributed by atoms with Gasteiger partial charge in [0.25, 0.3) is 0 Å². The second kappa shape index (κ2) is 7.56. The number of allylic oxidation sites excluding steroid dienone is 1. The van der Waals surface area contributed by atoms with Crippen LogP contribution in [0.4, 0.5) is 15.6 Å². The van der Waals surface area contributed by atoms with Gasteiger partial charge in [-0.2, -0.15) is 0 Å². The topological polar surface area (TPSA) is 95.9 Å². The fourth-order valence-corrected chi connectivity index (χ4v) is 4.14. The Morgan fingerprint density at radius 1 is 1.30 bits per heavy atom. The molecule has 3 heterocycles. The second-order valence-corrected chi connectivity index (χ2v) is 8.98. The fraction of sp³-hybridized carbons (Fsp3) is 0.333. The Balaban J connectivity index is 1.56. The number of hydrogen-bond donors (Lipinski definition) is 2. The van der Waals surface area contributed by atoms with Gasteiger partial charge in [0.15, 0.2) is 5.13 Å². The Morgan fingerprint density at radius 3 is 2.83 bits per heavy atom. The molecule has 0 radical (unpaired) electrons. The number of ether oxygens (including phenoxy) is 1. The molecule has 2 aromatic rings. The van der Waals surface area contributed by atoms with Gasteiger partial charge < -0.3 is 15.0 Å². The standard InChI is InChI=1S/C21H23N5O3S/c1-12-17(30-19(23-12)25-20(28)29-21(2,3)4)15(27)11-16-24-14-8-6-5-7-13(14)18-22-9-10-26(16)18/h5-8,11,24H,9-10H2,1-4H3,(H,23,25,28)/b16-11+. The molecule has 2 N–H and O–H groups in total. The number of aryl methyl sites for hydroxylation is 1. The van der Waals surface area contributed by atoms with Crippen LogP contribution < -0.4 is 10.6 Å². The van der Waals surface area contributed by atoms with Crippen LogP contribution in [0.1, 0.15) is 41.7 Å². The van der Waals surface area contributed by atoms with Gasteiger partial charge in [-0.25, -0.2) is 9.78 Å². The van der Waals surface area contributed by atoms with Gasteiger partial charge in [-0.3, -0.25) is 15.1 Å². The van der Waals surface area contributed by atoms with Crippen molar-refractivity contribution in [1.82, 2.24) is 9.88 Å². The summed E-state index contributed by atoms with van der Waals surface area (Å²) in [6.45, 7) is 8.49. The number of rotatable bonds is 3. The molecule has 0 spiro atoms. The van der Waals surface area contributed by atoms with E-state index in [1.54, 1.807) is 33.8 Å². The molecule has 0 fully saturated rings. The monoisotopic (exact) mass is 425 g/mol. The molecule has 156 valence electrons. The first-order valence-electron chi connectivity index (χ1n) is 9.63. The maximum absolute atomic E-state index is 13.0. The number of amides is 1. The summed E-state index contributed by atoms with van der Waals surface area (Å²) in [4.78, 5) is 36.4. The molecule has 0 bridgehead atoms. The molecule has 0 aliphatic carbocycles. The smallest absolute Gasteiger partial charge is 0.413 e. The maximum Gasteiger partial charge on any atom is 0.413 e. The van der Waals surface area contributed by atoms with Crippen molar-refractivity contribution in [2.45, 2.75) is 33.3 Å². The SMILES string of the molecule is Cc1nc(NC(=O)OC(C)(C)C)sc1C(=O)/C=C1\Nc2ccccc2C2=NCCN21. The van der Waals surface area contributed by atoms with Crippen LogP contribution in [0.5, 0.6) is 0 Å². The van der Waals surface area contributed by atoms with Gasteiger partial charge in [-0.05, 0) is 39.8 Å². The number of ketones is 1. The Kier molecular flexibility index (Phi) is 5.07. The molecule has 4 rings (SSSR count). The molecule has 1 amide bonds. The molecule has 8 nitrogen and oxygen atoms in total. The Bertz CT molecular complexity index is 1080. The van der Waals surface area contributed by atoms with E-state index in [-0.39, 0.29) is 5.78 Å². The predicted molar refractivity (Wildman–Crippen MR) is 117 cm³/mol. The van der Waals surface area contributed by atoms with E-state index in [1.807, 2.05) is 29.2 Å². The number of carbonyl (C=O) groups is 2. The lowest BCUT2D eigenvalue weighted by molar-refractivity contribution is 0.0635. The molecule has 9 heteroatoms. The molecular formula is C21H23N5O3S. The summed E-state index contributed by atoms with van der Waals surface area (Å²) in [7, 11) is 0. The van der Waals surface area contributed by atoms with Crippen LogP contribution in [-0.2, 0) is 4.74 Å². The number of aromatic nitrogens is 1. The minimum Gasteiger partial charge on any atom is -0.444 e.